The maximum atomic E-state index is 13.1. The molecule has 1 aromatic heterocycles. The fraction of sp³-hybridized carbons (Fsp3) is 0.111. The fourth-order valence-corrected chi connectivity index (χ4v) is 2.82. The lowest BCUT2D eigenvalue weighted by atomic mass is 10.1. The molecule has 0 aliphatic carbocycles. The first-order chi connectivity index (χ1) is 11.4. The summed E-state index contributed by atoms with van der Waals surface area (Å²) in [5, 5.41) is 1.09. The number of carbonyl (C=O) groups is 1. The van der Waals surface area contributed by atoms with Gasteiger partial charge in [0.2, 0.25) is 0 Å². The van der Waals surface area contributed by atoms with Crippen LogP contribution in [0.5, 0.6) is 0 Å². The van der Waals surface area contributed by atoms with E-state index in [0.717, 1.165) is 0 Å². The Kier molecular flexibility index (Phi) is 4.03. The van der Waals surface area contributed by atoms with Gasteiger partial charge in [-0.25, -0.2) is 0 Å². The van der Waals surface area contributed by atoms with Crippen molar-refractivity contribution in [2.24, 2.45) is 0 Å². The van der Waals surface area contributed by atoms with Gasteiger partial charge in [-0.1, -0.05) is 29.8 Å². The smallest absolute Gasteiger partial charge is 0.270 e. The number of carbonyl (C=O) groups excluding carboxylic acids is 1. The quantitative estimate of drug-likeness (QED) is 0.779. The summed E-state index contributed by atoms with van der Waals surface area (Å²) in [5.41, 5.74) is 7.01. The van der Waals surface area contributed by atoms with Crippen molar-refractivity contribution in [3.63, 3.8) is 0 Å². The second-order valence-corrected chi connectivity index (χ2v) is 6.06. The molecule has 0 saturated heterocycles. The van der Waals surface area contributed by atoms with Gasteiger partial charge >= 0.3 is 0 Å². The molecule has 5 nitrogen and oxygen atoms in total. The van der Waals surface area contributed by atoms with E-state index in [2.05, 4.69) is 0 Å². The highest BCUT2D eigenvalue weighted by Gasteiger charge is 2.22. The Morgan fingerprint density at radius 3 is 2.42 bits per heavy atom. The number of hydrogen-bond acceptors (Lipinski definition) is 3. The zero-order chi connectivity index (χ0) is 17.4. The molecule has 0 spiro atoms. The molecule has 24 heavy (non-hydrogen) atoms. The number of anilines is 1. The number of aromatic nitrogens is 1. The highest BCUT2D eigenvalue weighted by atomic mass is 35.5. The number of rotatable bonds is 2. The SMILES string of the molecule is CN(C)C(=O)c1c(N)c2ccc(Cl)cc2n(-c2ccccc2)c1=O. The second-order valence-electron chi connectivity index (χ2n) is 5.63. The Morgan fingerprint density at radius 1 is 1.12 bits per heavy atom. The van der Waals surface area contributed by atoms with Crippen molar-refractivity contribution in [1.82, 2.24) is 9.47 Å². The molecular formula is C18H16ClN3O2. The first-order valence-corrected chi connectivity index (χ1v) is 7.70. The molecule has 0 saturated carbocycles. The standard InChI is InChI=1S/C18H16ClN3O2/c1-21(2)17(23)15-16(20)13-9-8-11(19)10-14(13)22(18(15)24)12-6-4-3-5-7-12/h3-10H,20H2,1-2H3. The summed E-state index contributed by atoms with van der Waals surface area (Å²) in [6, 6.07) is 14.2. The molecule has 1 heterocycles. The van der Waals surface area contributed by atoms with Crippen LogP contribution in [0.3, 0.4) is 0 Å². The Morgan fingerprint density at radius 2 is 1.79 bits per heavy atom. The Bertz CT molecular complexity index is 995. The van der Waals surface area contributed by atoms with E-state index in [4.69, 9.17) is 17.3 Å². The topological polar surface area (TPSA) is 68.3 Å². The maximum absolute atomic E-state index is 13.1. The highest BCUT2D eigenvalue weighted by Crippen LogP contribution is 2.27. The molecule has 0 fully saturated rings. The van der Waals surface area contributed by atoms with Gasteiger partial charge in [0.15, 0.2) is 0 Å². The van der Waals surface area contributed by atoms with Crippen molar-refractivity contribution >= 4 is 34.1 Å². The van der Waals surface area contributed by atoms with Crippen LogP contribution in [-0.4, -0.2) is 29.5 Å². The van der Waals surface area contributed by atoms with E-state index in [9.17, 15) is 9.59 Å². The molecule has 0 radical (unpaired) electrons. The van der Waals surface area contributed by atoms with E-state index in [1.54, 1.807) is 44.4 Å². The number of amides is 1. The molecule has 3 aromatic rings. The molecule has 6 heteroatoms. The van der Waals surface area contributed by atoms with Crippen LogP contribution in [0.4, 0.5) is 5.69 Å². The number of fused-ring (bicyclic) bond motifs is 1. The summed E-state index contributed by atoms with van der Waals surface area (Å²) >= 11 is 6.10. The van der Waals surface area contributed by atoms with E-state index in [1.807, 2.05) is 18.2 Å². The zero-order valence-electron chi connectivity index (χ0n) is 13.3. The molecule has 3 rings (SSSR count). The Labute approximate surface area is 143 Å². The lowest BCUT2D eigenvalue weighted by molar-refractivity contribution is 0.0827. The van der Waals surface area contributed by atoms with Crippen LogP contribution >= 0.6 is 11.6 Å². The molecule has 0 unspecified atom stereocenters. The molecule has 0 aliphatic heterocycles. The lowest BCUT2D eigenvalue weighted by Crippen LogP contribution is -2.33. The predicted octanol–water partition coefficient (Wildman–Crippen LogP) is 2.93. The maximum Gasteiger partial charge on any atom is 0.270 e. The average Bonchev–Trinajstić information content (AvgIpc) is 2.55. The molecule has 2 aromatic carbocycles. The van der Waals surface area contributed by atoms with E-state index in [-0.39, 0.29) is 11.3 Å². The highest BCUT2D eigenvalue weighted by molar-refractivity contribution is 6.31. The summed E-state index contributed by atoms with van der Waals surface area (Å²) < 4.78 is 1.47. The fourth-order valence-electron chi connectivity index (χ4n) is 2.65. The normalized spacial score (nSPS) is 10.8. The van der Waals surface area contributed by atoms with Gasteiger partial charge in [-0.15, -0.1) is 0 Å². The third-order valence-corrected chi connectivity index (χ3v) is 4.05. The van der Waals surface area contributed by atoms with Gasteiger partial charge in [0.1, 0.15) is 5.56 Å². The van der Waals surface area contributed by atoms with Crippen LogP contribution in [-0.2, 0) is 0 Å². The minimum atomic E-state index is -0.466. The van der Waals surface area contributed by atoms with Gasteiger partial charge in [-0.2, -0.15) is 0 Å². The average molecular weight is 342 g/mol. The van der Waals surface area contributed by atoms with Crippen molar-refractivity contribution < 1.29 is 4.79 Å². The summed E-state index contributed by atoms with van der Waals surface area (Å²) in [5.74, 6) is -0.431. The molecule has 1 amide bonds. The molecule has 2 N–H and O–H groups in total. The van der Waals surface area contributed by atoms with Crippen LogP contribution in [0.2, 0.25) is 5.02 Å². The number of nitrogens with two attached hydrogens (primary N) is 1. The van der Waals surface area contributed by atoms with Gasteiger partial charge in [-0.05, 0) is 30.3 Å². The largest absolute Gasteiger partial charge is 0.397 e. The molecule has 0 atom stereocenters. The second kappa shape index (κ2) is 6.02. The zero-order valence-corrected chi connectivity index (χ0v) is 14.0. The van der Waals surface area contributed by atoms with Crippen LogP contribution in [0.25, 0.3) is 16.6 Å². The van der Waals surface area contributed by atoms with Gasteiger partial charge in [0, 0.05) is 30.2 Å². The number of benzene rings is 2. The molecule has 0 aliphatic rings. The van der Waals surface area contributed by atoms with Gasteiger partial charge in [0.05, 0.1) is 11.2 Å². The number of nitrogens with zero attached hydrogens (tertiary/aromatic N) is 2. The van der Waals surface area contributed by atoms with Crippen molar-refractivity contribution in [3.8, 4) is 5.69 Å². The number of halogens is 1. The number of para-hydroxylation sites is 1. The Hall–Kier alpha value is -2.79. The monoisotopic (exact) mass is 341 g/mol. The molecule has 0 bridgehead atoms. The van der Waals surface area contributed by atoms with Crippen molar-refractivity contribution in [2.45, 2.75) is 0 Å². The van der Waals surface area contributed by atoms with E-state index < -0.39 is 11.5 Å². The Balaban J connectivity index is 2.51. The summed E-state index contributed by atoms with van der Waals surface area (Å²) in [7, 11) is 3.17. The summed E-state index contributed by atoms with van der Waals surface area (Å²) in [6.45, 7) is 0. The minimum absolute atomic E-state index is 0.0429. The van der Waals surface area contributed by atoms with Crippen molar-refractivity contribution in [2.75, 3.05) is 19.8 Å². The van der Waals surface area contributed by atoms with E-state index in [0.29, 0.717) is 21.6 Å². The van der Waals surface area contributed by atoms with Crippen LogP contribution in [0, 0.1) is 0 Å². The lowest BCUT2D eigenvalue weighted by Gasteiger charge is -2.18. The van der Waals surface area contributed by atoms with Crippen molar-refractivity contribution in [1.29, 1.82) is 0 Å². The van der Waals surface area contributed by atoms with E-state index >= 15 is 0 Å². The number of pyridine rings is 1. The van der Waals surface area contributed by atoms with Crippen molar-refractivity contribution in [3.05, 3.63) is 69.5 Å². The first kappa shape index (κ1) is 16.1. The summed E-state index contributed by atoms with van der Waals surface area (Å²) in [4.78, 5) is 26.9. The van der Waals surface area contributed by atoms with Crippen LogP contribution < -0.4 is 11.3 Å². The third-order valence-electron chi connectivity index (χ3n) is 3.81. The third kappa shape index (κ3) is 2.53. The molecular weight excluding hydrogens is 326 g/mol. The molecule has 122 valence electrons. The minimum Gasteiger partial charge on any atom is -0.397 e. The number of hydrogen-bond donors (Lipinski definition) is 1. The number of nitrogen functional groups attached to an aromatic ring is 1. The van der Waals surface area contributed by atoms with Crippen LogP contribution in [0.1, 0.15) is 10.4 Å². The van der Waals surface area contributed by atoms with E-state index in [1.165, 1.54) is 9.47 Å². The van der Waals surface area contributed by atoms with Gasteiger partial charge < -0.3 is 10.6 Å². The first-order valence-electron chi connectivity index (χ1n) is 7.32. The van der Waals surface area contributed by atoms with Gasteiger partial charge in [-0.3, -0.25) is 14.2 Å². The van der Waals surface area contributed by atoms with Crippen LogP contribution in [0.15, 0.2) is 53.3 Å². The van der Waals surface area contributed by atoms with Gasteiger partial charge in [0.25, 0.3) is 11.5 Å². The summed E-state index contributed by atoms with van der Waals surface area (Å²) in [6.07, 6.45) is 0. The predicted molar refractivity (Wildman–Crippen MR) is 97.0 cm³/mol.